The number of alkyl halides is 3. The summed E-state index contributed by atoms with van der Waals surface area (Å²) in [5.41, 5.74) is 7.24. The van der Waals surface area contributed by atoms with Crippen LogP contribution in [0.25, 0.3) is 28.0 Å². The molecule has 5 rings (SSSR count). The van der Waals surface area contributed by atoms with E-state index < -0.39 is 18.3 Å². The van der Waals surface area contributed by atoms with E-state index >= 15 is 0 Å². The third-order valence-electron chi connectivity index (χ3n) is 6.05. The maximum Gasteiger partial charge on any atom is 0.408 e. The highest BCUT2D eigenvalue weighted by atomic mass is 19.4. The lowest BCUT2D eigenvalue weighted by molar-refractivity contribution is -0.147. The van der Waals surface area contributed by atoms with Crippen LogP contribution in [0.2, 0.25) is 0 Å². The molecule has 1 aliphatic heterocycles. The average molecular weight is 500 g/mol. The molecule has 0 aromatic carbocycles. The van der Waals surface area contributed by atoms with Crippen molar-refractivity contribution in [2.75, 3.05) is 17.2 Å². The number of carbonyl (C=O) groups excluding carboxylic acids is 1. The van der Waals surface area contributed by atoms with Crippen LogP contribution in [0.3, 0.4) is 0 Å². The van der Waals surface area contributed by atoms with Crippen LogP contribution in [0, 0.1) is 0 Å². The number of nitrogens with zero attached hydrogens (tertiary/aromatic N) is 7. The van der Waals surface area contributed by atoms with Gasteiger partial charge in [-0.25, -0.2) is 14.5 Å². The molecule has 5 heterocycles. The quantitative estimate of drug-likeness (QED) is 0.457. The summed E-state index contributed by atoms with van der Waals surface area (Å²) in [7, 11) is 0. The summed E-state index contributed by atoms with van der Waals surface area (Å²) < 4.78 is 47.5. The molecule has 4 aromatic rings. The van der Waals surface area contributed by atoms with Crippen LogP contribution in [0.1, 0.15) is 20.8 Å². The molecule has 0 radical (unpaired) electrons. The van der Waals surface area contributed by atoms with Crippen molar-refractivity contribution >= 4 is 23.1 Å². The van der Waals surface area contributed by atoms with E-state index in [-0.39, 0.29) is 23.5 Å². The van der Waals surface area contributed by atoms with Gasteiger partial charge in [-0.2, -0.15) is 23.4 Å². The molecule has 0 spiro atoms. The van der Waals surface area contributed by atoms with Crippen LogP contribution in [0.5, 0.6) is 0 Å². The predicted octanol–water partition coefficient (Wildman–Crippen LogP) is 3.33. The number of morpholine rings is 1. The first kappa shape index (κ1) is 23.7. The fraction of sp³-hybridized carbons (Fsp3) is 0.348. The van der Waals surface area contributed by atoms with Crippen molar-refractivity contribution in [1.29, 1.82) is 0 Å². The van der Waals surface area contributed by atoms with E-state index in [4.69, 9.17) is 10.5 Å². The predicted molar refractivity (Wildman–Crippen MR) is 125 cm³/mol. The lowest BCUT2D eigenvalue weighted by Crippen LogP contribution is -2.58. The molecule has 4 aromatic heterocycles. The van der Waals surface area contributed by atoms with Gasteiger partial charge >= 0.3 is 6.18 Å². The number of hydrogen-bond donors (Lipinski definition) is 1. The minimum atomic E-state index is -4.46. The van der Waals surface area contributed by atoms with Crippen molar-refractivity contribution in [3.05, 3.63) is 43.0 Å². The highest BCUT2D eigenvalue weighted by Crippen LogP contribution is 2.36. The van der Waals surface area contributed by atoms with Crippen molar-refractivity contribution in [1.82, 2.24) is 29.4 Å². The van der Waals surface area contributed by atoms with Crippen LogP contribution in [-0.4, -0.2) is 59.7 Å². The van der Waals surface area contributed by atoms with E-state index in [0.717, 1.165) is 4.68 Å². The highest BCUT2D eigenvalue weighted by Gasteiger charge is 2.41. The number of carbonyl (C=O) groups is 1. The topological polar surface area (TPSA) is 116 Å². The Hall–Kier alpha value is -4.00. The molecular weight excluding hydrogens is 477 g/mol. The number of nitrogens with two attached hydrogens (primary N) is 1. The summed E-state index contributed by atoms with van der Waals surface area (Å²) in [6.45, 7) is 4.35. The zero-order chi connectivity index (χ0) is 25.8. The number of hydrogen-bond acceptors (Lipinski definition) is 7. The molecule has 1 fully saturated rings. The summed E-state index contributed by atoms with van der Waals surface area (Å²) in [5, 5.41) is 8.14. The third kappa shape index (κ3) is 4.04. The van der Waals surface area contributed by atoms with Gasteiger partial charge in [0.15, 0.2) is 5.82 Å². The number of fused-ring (bicyclic) bond motifs is 1. The molecule has 10 nitrogen and oxygen atoms in total. The molecular formula is C23H23F3N8O2. The summed E-state index contributed by atoms with van der Waals surface area (Å²) >= 11 is 0. The second kappa shape index (κ2) is 8.29. The van der Waals surface area contributed by atoms with Crippen LogP contribution in [0.15, 0.2) is 43.0 Å². The van der Waals surface area contributed by atoms with Gasteiger partial charge in [0.2, 0.25) is 0 Å². The van der Waals surface area contributed by atoms with Gasteiger partial charge in [-0.15, -0.1) is 0 Å². The molecule has 36 heavy (non-hydrogen) atoms. The Morgan fingerprint density at radius 1 is 1.14 bits per heavy atom. The van der Waals surface area contributed by atoms with Crippen molar-refractivity contribution in [2.45, 2.75) is 45.1 Å². The normalized spacial score (nSPS) is 18.2. The van der Waals surface area contributed by atoms with Crippen molar-refractivity contribution in [3.8, 4) is 22.5 Å². The first-order valence-corrected chi connectivity index (χ1v) is 11.1. The van der Waals surface area contributed by atoms with Gasteiger partial charge in [0.05, 0.1) is 24.0 Å². The molecule has 188 valence electrons. The standard InChI is InChI=1S/C23H23F3N8O2/c1-13-10-36-22(2,3)21(35)33(13)18-8-14(4-6-28-18)17-9-15(19-20(27)29-12-31-34(17)19)16-5-7-30-32(16)11-23(24,25)26/h4-9,12-13H,10-11H2,1-3H3,(H2,27,29,31)/t13-/m0/s1. The van der Waals surface area contributed by atoms with Crippen molar-refractivity contribution < 1.29 is 22.7 Å². The van der Waals surface area contributed by atoms with Gasteiger partial charge in [0.1, 0.15) is 29.8 Å². The van der Waals surface area contributed by atoms with Crippen LogP contribution in [-0.2, 0) is 16.1 Å². The van der Waals surface area contributed by atoms with Gasteiger partial charge < -0.3 is 10.5 Å². The molecule has 1 aliphatic rings. The first-order valence-electron chi connectivity index (χ1n) is 11.1. The number of amides is 1. The Bertz CT molecular complexity index is 1460. The molecule has 1 atom stereocenters. The van der Waals surface area contributed by atoms with E-state index in [1.807, 2.05) is 6.92 Å². The van der Waals surface area contributed by atoms with Gasteiger partial charge in [0, 0.05) is 23.5 Å². The molecule has 1 amide bonds. The number of ether oxygens (including phenoxy) is 1. The molecule has 0 aliphatic carbocycles. The van der Waals surface area contributed by atoms with Crippen LogP contribution >= 0.6 is 0 Å². The van der Waals surface area contributed by atoms with Crippen LogP contribution < -0.4 is 10.6 Å². The van der Waals surface area contributed by atoms with Crippen molar-refractivity contribution in [3.63, 3.8) is 0 Å². The molecule has 0 unspecified atom stereocenters. The second-order valence-electron chi connectivity index (χ2n) is 9.09. The summed E-state index contributed by atoms with van der Waals surface area (Å²) in [5.74, 6) is 0.287. The maximum atomic E-state index is 13.2. The average Bonchev–Trinajstić information content (AvgIpc) is 3.41. The van der Waals surface area contributed by atoms with Gasteiger partial charge in [-0.1, -0.05) is 0 Å². The SMILES string of the molecule is C[C@H]1COC(C)(C)C(=O)N1c1cc(-c2cc(-c3ccnn3CC(F)(F)F)c3c(N)ncnn23)ccn1. The number of pyridine rings is 1. The zero-order valence-electron chi connectivity index (χ0n) is 19.7. The fourth-order valence-electron chi connectivity index (χ4n) is 4.32. The smallest absolute Gasteiger partial charge is 0.382 e. The molecule has 0 saturated carbocycles. The van der Waals surface area contributed by atoms with E-state index in [1.54, 1.807) is 43.1 Å². The number of anilines is 2. The highest BCUT2D eigenvalue weighted by molar-refractivity contribution is 6.00. The lowest BCUT2D eigenvalue weighted by Gasteiger charge is -2.40. The minimum Gasteiger partial charge on any atom is -0.382 e. The van der Waals surface area contributed by atoms with E-state index in [9.17, 15) is 18.0 Å². The Morgan fingerprint density at radius 3 is 2.67 bits per heavy atom. The Morgan fingerprint density at radius 2 is 1.92 bits per heavy atom. The van der Waals surface area contributed by atoms with E-state index in [1.165, 1.54) is 23.1 Å². The van der Waals surface area contributed by atoms with Crippen molar-refractivity contribution in [2.24, 2.45) is 0 Å². The number of halogens is 3. The summed E-state index contributed by atoms with van der Waals surface area (Å²) in [6.07, 6.45) is -0.343. The zero-order valence-corrected chi connectivity index (χ0v) is 19.7. The molecule has 2 N–H and O–H groups in total. The van der Waals surface area contributed by atoms with Crippen LogP contribution in [0.4, 0.5) is 24.8 Å². The Labute approximate surface area is 203 Å². The number of rotatable bonds is 4. The van der Waals surface area contributed by atoms with Gasteiger partial charge in [0.25, 0.3) is 5.91 Å². The Balaban J connectivity index is 1.65. The Kier molecular flexibility index (Phi) is 5.47. The molecule has 0 bridgehead atoms. The molecule has 1 saturated heterocycles. The number of aromatic nitrogens is 6. The minimum absolute atomic E-state index is 0.0963. The van der Waals surface area contributed by atoms with Gasteiger partial charge in [-0.3, -0.25) is 14.4 Å². The van der Waals surface area contributed by atoms with E-state index in [2.05, 4.69) is 20.2 Å². The summed E-state index contributed by atoms with van der Waals surface area (Å²) in [6, 6.07) is 6.36. The summed E-state index contributed by atoms with van der Waals surface area (Å²) in [4.78, 5) is 23.1. The first-order chi connectivity index (χ1) is 17.0. The second-order valence-corrected chi connectivity index (χ2v) is 9.09. The van der Waals surface area contributed by atoms with E-state index in [0.29, 0.717) is 34.8 Å². The third-order valence-corrected chi connectivity index (χ3v) is 6.05. The largest absolute Gasteiger partial charge is 0.408 e. The number of nitrogen functional groups attached to an aromatic ring is 1. The lowest BCUT2D eigenvalue weighted by atomic mass is 10.0. The maximum absolute atomic E-state index is 13.2. The molecule has 13 heteroatoms. The fourth-order valence-corrected chi connectivity index (χ4v) is 4.32. The monoisotopic (exact) mass is 500 g/mol. The van der Waals surface area contributed by atoms with Gasteiger partial charge in [-0.05, 0) is 45.0 Å².